The minimum atomic E-state index is -0.932. The Balaban J connectivity index is 1.68. The molecule has 0 saturated carbocycles. The van der Waals surface area contributed by atoms with Crippen molar-refractivity contribution >= 4 is 23.1 Å². The molecule has 0 aliphatic carbocycles. The molecule has 1 saturated heterocycles. The number of aliphatic hydroxyl groups is 1. The van der Waals surface area contributed by atoms with Gasteiger partial charge in [-0.05, 0) is 54.1 Å². The summed E-state index contributed by atoms with van der Waals surface area (Å²) in [5.74, 6) is -0.937. The average Bonchev–Trinajstić information content (AvgIpc) is 3.14. The van der Waals surface area contributed by atoms with Crippen molar-refractivity contribution in [3.05, 3.63) is 89.2 Å². The Morgan fingerprint density at radius 3 is 2.32 bits per heavy atom. The number of amides is 1. The van der Waals surface area contributed by atoms with Crippen LogP contribution in [0.5, 0.6) is 17.2 Å². The summed E-state index contributed by atoms with van der Waals surface area (Å²) in [6.07, 6.45) is 0. The fourth-order valence-electron chi connectivity index (χ4n) is 4.15. The third-order valence-corrected chi connectivity index (χ3v) is 5.80. The van der Waals surface area contributed by atoms with E-state index in [9.17, 15) is 19.1 Å². The third-order valence-electron chi connectivity index (χ3n) is 5.80. The highest BCUT2D eigenvalue weighted by molar-refractivity contribution is 6.51. The molecule has 34 heavy (non-hydrogen) atoms. The highest BCUT2D eigenvalue weighted by Crippen LogP contribution is 2.44. The molecule has 3 aromatic carbocycles. The first kappa shape index (κ1) is 21.5. The highest BCUT2D eigenvalue weighted by atomic mass is 19.1. The van der Waals surface area contributed by atoms with Gasteiger partial charge in [0.15, 0.2) is 11.5 Å². The molecule has 1 fully saturated rings. The van der Waals surface area contributed by atoms with E-state index < -0.39 is 23.5 Å². The molecule has 1 amide bonds. The predicted molar refractivity (Wildman–Crippen MR) is 122 cm³/mol. The molecule has 2 aliphatic rings. The first-order valence-corrected chi connectivity index (χ1v) is 10.6. The van der Waals surface area contributed by atoms with E-state index in [1.54, 1.807) is 42.5 Å². The Hall–Kier alpha value is -4.33. The molecule has 0 radical (unpaired) electrons. The number of ether oxygens (including phenoxy) is 3. The second-order valence-corrected chi connectivity index (χ2v) is 7.78. The number of anilines is 1. The number of methoxy groups -OCH3 is 1. The van der Waals surface area contributed by atoms with Gasteiger partial charge in [0.1, 0.15) is 30.5 Å². The van der Waals surface area contributed by atoms with Gasteiger partial charge in [-0.1, -0.05) is 12.1 Å². The number of benzene rings is 3. The van der Waals surface area contributed by atoms with E-state index in [2.05, 4.69) is 0 Å². The molecule has 8 heteroatoms. The monoisotopic (exact) mass is 461 g/mol. The van der Waals surface area contributed by atoms with Crippen molar-refractivity contribution in [2.24, 2.45) is 0 Å². The summed E-state index contributed by atoms with van der Waals surface area (Å²) in [5.41, 5.74) is 1.11. The van der Waals surface area contributed by atoms with Gasteiger partial charge in [-0.3, -0.25) is 14.5 Å². The van der Waals surface area contributed by atoms with Crippen molar-refractivity contribution in [1.29, 1.82) is 0 Å². The van der Waals surface area contributed by atoms with E-state index in [0.717, 1.165) is 0 Å². The number of hydrogen-bond acceptors (Lipinski definition) is 6. The second kappa shape index (κ2) is 8.55. The minimum Gasteiger partial charge on any atom is -0.507 e. The van der Waals surface area contributed by atoms with Gasteiger partial charge in [0.25, 0.3) is 11.7 Å². The number of rotatable bonds is 4. The molecular formula is C26H20FNO6. The molecule has 0 bridgehead atoms. The lowest BCUT2D eigenvalue weighted by Gasteiger charge is -2.27. The van der Waals surface area contributed by atoms with Crippen LogP contribution in [0.2, 0.25) is 0 Å². The van der Waals surface area contributed by atoms with Crippen LogP contribution < -0.4 is 19.1 Å². The molecule has 1 unspecified atom stereocenters. The summed E-state index contributed by atoms with van der Waals surface area (Å²) in [7, 11) is 1.53. The van der Waals surface area contributed by atoms with Crippen molar-refractivity contribution in [2.75, 3.05) is 25.2 Å². The average molecular weight is 461 g/mol. The molecule has 3 aromatic rings. The Morgan fingerprint density at radius 2 is 1.65 bits per heavy atom. The maximum Gasteiger partial charge on any atom is 0.300 e. The zero-order chi connectivity index (χ0) is 23.8. The lowest BCUT2D eigenvalue weighted by molar-refractivity contribution is -0.132. The van der Waals surface area contributed by atoms with Crippen molar-refractivity contribution in [1.82, 2.24) is 0 Å². The van der Waals surface area contributed by atoms with Crippen LogP contribution in [0.3, 0.4) is 0 Å². The Bertz CT molecular complexity index is 1300. The molecule has 1 N–H and O–H groups in total. The van der Waals surface area contributed by atoms with E-state index in [0.29, 0.717) is 41.7 Å². The highest BCUT2D eigenvalue weighted by Gasteiger charge is 2.47. The van der Waals surface area contributed by atoms with E-state index >= 15 is 0 Å². The molecular weight excluding hydrogens is 441 g/mol. The largest absolute Gasteiger partial charge is 0.507 e. The Kier molecular flexibility index (Phi) is 5.41. The third kappa shape index (κ3) is 3.63. The zero-order valence-electron chi connectivity index (χ0n) is 18.2. The number of ketones is 1. The van der Waals surface area contributed by atoms with Crippen LogP contribution in [0.15, 0.2) is 72.3 Å². The summed E-state index contributed by atoms with van der Waals surface area (Å²) in [4.78, 5) is 27.8. The van der Waals surface area contributed by atoms with Crippen LogP contribution in [0.4, 0.5) is 10.1 Å². The van der Waals surface area contributed by atoms with Crippen LogP contribution in [0, 0.1) is 5.82 Å². The minimum absolute atomic E-state index is 0.100. The summed E-state index contributed by atoms with van der Waals surface area (Å²) in [6, 6.07) is 15.9. The lowest BCUT2D eigenvalue weighted by Crippen LogP contribution is -2.29. The molecule has 2 aliphatic heterocycles. The van der Waals surface area contributed by atoms with Crippen LogP contribution >= 0.6 is 0 Å². The summed E-state index contributed by atoms with van der Waals surface area (Å²) < 4.78 is 29.9. The van der Waals surface area contributed by atoms with E-state index in [1.807, 2.05) is 0 Å². The molecule has 2 heterocycles. The van der Waals surface area contributed by atoms with Gasteiger partial charge in [0.2, 0.25) is 0 Å². The van der Waals surface area contributed by atoms with E-state index in [1.165, 1.54) is 36.3 Å². The molecule has 5 rings (SSSR count). The van der Waals surface area contributed by atoms with Crippen molar-refractivity contribution in [3.63, 3.8) is 0 Å². The van der Waals surface area contributed by atoms with Gasteiger partial charge in [-0.15, -0.1) is 0 Å². The molecule has 1 atom stereocenters. The Labute approximate surface area is 194 Å². The van der Waals surface area contributed by atoms with Gasteiger partial charge >= 0.3 is 0 Å². The maximum atomic E-state index is 13.4. The van der Waals surface area contributed by atoms with Crippen LogP contribution in [0.1, 0.15) is 17.2 Å². The molecule has 0 aromatic heterocycles. The van der Waals surface area contributed by atoms with Crippen LogP contribution in [-0.2, 0) is 9.59 Å². The fourth-order valence-corrected chi connectivity index (χ4v) is 4.15. The Morgan fingerprint density at radius 1 is 0.971 bits per heavy atom. The van der Waals surface area contributed by atoms with Crippen LogP contribution in [0.25, 0.3) is 5.76 Å². The zero-order valence-corrected chi connectivity index (χ0v) is 18.2. The van der Waals surface area contributed by atoms with Gasteiger partial charge in [-0.25, -0.2) is 4.39 Å². The van der Waals surface area contributed by atoms with E-state index in [4.69, 9.17) is 14.2 Å². The number of hydrogen-bond donors (Lipinski definition) is 1. The van der Waals surface area contributed by atoms with Crippen molar-refractivity contribution in [2.45, 2.75) is 6.04 Å². The number of fused-ring (bicyclic) bond motifs is 1. The number of halogens is 1. The topological polar surface area (TPSA) is 85.3 Å². The lowest BCUT2D eigenvalue weighted by atomic mass is 9.95. The maximum absolute atomic E-state index is 13.4. The first-order chi connectivity index (χ1) is 16.5. The van der Waals surface area contributed by atoms with Gasteiger partial charge in [-0.2, -0.15) is 0 Å². The normalized spacial score (nSPS) is 18.8. The number of carbonyl (C=O) groups excluding carboxylic acids is 2. The molecule has 0 spiro atoms. The predicted octanol–water partition coefficient (Wildman–Crippen LogP) is 4.23. The smallest absolute Gasteiger partial charge is 0.300 e. The van der Waals surface area contributed by atoms with E-state index in [-0.39, 0.29) is 16.9 Å². The van der Waals surface area contributed by atoms with Gasteiger partial charge in [0.05, 0.1) is 18.7 Å². The van der Waals surface area contributed by atoms with Gasteiger partial charge < -0.3 is 19.3 Å². The summed E-state index contributed by atoms with van der Waals surface area (Å²) in [6.45, 7) is 0.780. The van der Waals surface area contributed by atoms with Crippen molar-refractivity contribution in [3.8, 4) is 17.2 Å². The fraction of sp³-hybridized carbons (Fsp3) is 0.154. The van der Waals surface area contributed by atoms with Crippen molar-refractivity contribution < 1.29 is 33.3 Å². The molecule has 172 valence electrons. The summed E-state index contributed by atoms with van der Waals surface area (Å²) >= 11 is 0. The number of carbonyl (C=O) groups is 2. The van der Waals surface area contributed by atoms with Crippen LogP contribution in [-0.4, -0.2) is 37.1 Å². The number of nitrogens with zero attached hydrogens (tertiary/aromatic N) is 1. The quantitative estimate of drug-likeness (QED) is 0.356. The number of Topliss-reactive ketones (excluding diaryl/α,β-unsaturated/α-hetero) is 1. The molecule has 7 nitrogen and oxygen atoms in total. The SMILES string of the molecule is COc1ccc(C2/C(=C(\O)c3ccc(F)cc3)C(=O)C(=O)N2c2ccc3c(c2)OCCO3)cc1. The number of aliphatic hydroxyl groups excluding tert-OH is 1. The van der Waals surface area contributed by atoms with Gasteiger partial charge in [0, 0.05) is 17.3 Å². The first-order valence-electron chi connectivity index (χ1n) is 10.6. The summed E-state index contributed by atoms with van der Waals surface area (Å²) in [5, 5.41) is 11.1. The standard InChI is InChI=1S/C26H20FNO6/c1-32-19-9-4-15(5-10-19)23-22(24(29)16-2-6-17(27)7-3-16)25(30)26(31)28(23)18-8-11-20-21(14-18)34-13-12-33-20/h2-11,14,23,29H,12-13H2,1H3/b24-22+. The second-order valence-electron chi connectivity index (χ2n) is 7.78.